The van der Waals surface area contributed by atoms with Crippen molar-refractivity contribution in [3.63, 3.8) is 0 Å². The average molecular weight is 275 g/mol. The minimum atomic E-state index is 0.0765. The van der Waals surface area contributed by atoms with Crippen LogP contribution in [0, 0.1) is 5.92 Å². The van der Waals surface area contributed by atoms with Crippen molar-refractivity contribution >= 4 is 11.5 Å². The zero-order chi connectivity index (χ0) is 14.7. The minimum absolute atomic E-state index is 0.0765. The first-order chi connectivity index (χ1) is 9.54. The number of ether oxygens (including phenoxy) is 1. The van der Waals surface area contributed by atoms with E-state index in [4.69, 9.17) is 4.74 Å². The van der Waals surface area contributed by atoms with E-state index in [1.54, 1.807) is 14.0 Å². The molecule has 0 aliphatic heterocycles. The molecule has 3 heteroatoms. The highest BCUT2D eigenvalue weighted by molar-refractivity contribution is 6.02. The quantitative estimate of drug-likeness (QED) is 0.707. The van der Waals surface area contributed by atoms with Gasteiger partial charge in [-0.15, -0.1) is 0 Å². The summed E-state index contributed by atoms with van der Waals surface area (Å²) in [6.45, 7) is 7.11. The van der Waals surface area contributed by atoms with Crippen LogP contribution in [-0.2, 0) is 0 Å². The van der Waals surface area contributed by atoms with Gasteiger partial charge in [-0.3, -0.25) is 4.79 Å². The van der Waals surface area contributed by atoms with Gasteiger partial charge in [0, 0.05) is 12.6 Å². The number of methoxy groups -OCH3 is 1. The van der Waals surface area contributed by atoms with Gasteiger partial charge >= 0.3 is 0 Å². The normalized spacial score (nSPS) is 14.4. The lowest BCUT2D eigenvalue weighted by Gasteiger charge is -2.28. The van der Waals surface area contributed by atoms with Crippen molar-refractivity contribution < 1.29 is 9.53 Å². The molecule has 20 heavy (non-hydrogen) atoms. The molecule has 2 rings (SSSR count). The van der Waals surface area contributed by atoms with Crippen LogP contribution in [0.1, 0.15) is 50.4 Å². The molecule has 3 nitrogen and oxygen atoms in total. The molecule has 0 amide bonds. The molecule has 1 aliphatic rings. The lowest BCUT2D eigenvalue weighted by Crippen LogP contribution is -2.29. The minimum Gasteiger partial charge on any atom is -0.496 e. The fourth-order valence-corrected chi connectivity index (χ4v) is 2.57. The van der Waals surface area contributed by atoms with Crippen LogP contribution < -0.4 is 9.64 Å². The van der Waals surface area contributed by atoms with Crippen LogP contribution in [0.4, 0.5) is 5.69 Å². The maximum absolute atomic E-state index is 12.0. The molecule has 0 unspecified atom stereocenters. The fourth-order valence-electron chi connectivity index (χ4n) is 2.57. The highest BCUT2D eigenvalue weighted by atomic mass is 16.5. The fraction of sp³-hybridized carbons (Fsp3) is 0.588. The Balaban J connectivity index is 2.34. The Labute approximate surface area is 121 Å². The summed E-state index contributed by atoms with van der Waals surface area (Å²) in [5, 5.41) is 0. The topological polar surface area (TPSA) is 29.5 Å². The Morgan fingerprint density at radius 3 is 2.60 bits per heavy atom. The summed E-state index contributed by atoms with van der Waals surface area (Å²) in [7, 11) is 1.63. The van der Waals surface area contributed by atoms with Crippen LogP contribution in [-0.4, -0.2) is 25.5 Å². The van der Waals surface area contributed by atoms with Crippen LogP contribution in [0.2, 0.25) is 0 Å². The predicted molar refractivity (Wildman–Crippen MR) is 82.8 cm³/mol. The van der Waals surface area contributed by atoms with E-state index in [0.717, 1.165) is 24.2 Å². The molecule has 1 aliphatic carbocycles. The van der Waals surface area contributed by atoms with E-state index in [9.17, 15) is 4.79 Å². The SMILES string of the molecule is COc1cccc(N(CCC(C)C)C2CC2)c1C(C)=O. The number of hydrogen-bond donors (Lipinski definition) is 0. The van der Waals surface area contributed by atoms with Gasteiger partial charge in [-0.05, 0) is 44.2 Å². The van der Waals surface area contributed by atoms with Crippen molar-refractivity contribution in [1.29, 1.82) is 0 Å². The van der Waals surface area contributed by atoms with E-state index in [1.807, 2.05) is 12.1 Å². The van der Waals surface area contributed by atoms with Gasteiger partial charge in [0.05, 0.1) is 18.4 Å². The highest BCUT2D eigenvalue weighted by Gasteiger charge is 2.31. The average Bonchev–Trinajstić information content (AvgIpc) is 3.22. The Bertz CT molecular complexity index is 478. The van der Waals surface area contributed by atoms with Crippen molar-refractivity contribution in [1.82, 2.24) is 0 Å². The number of rotatable bonds is 7. The molecule has 0 saturated heterocycles. The Morgan fingerprint density at radius 1 is 1.40 bits per heavy atom. The number of hydrogen-bond acceptors (Lipinski definition) is 3. The molecule has 0 spiro atoms. The molecular formula is C17H25NO2. The van der Waals surface area contributed by atoms with Gasteiger partial charge in [-0.1, -0.05) is 19.9 Å². The van der Waals surface area contributed by atoms with Crippen molar-refractivity contribution in [3.8, 4) is 5.75 Å². The Kier molecular flexibility index (Phi) is 4.69. The molecule has 110 valence electrons. The van der Waals surface area contributed by atoms with Crippen LogP contribution in [0.3, 0.4) is 0 Å². The number of benzene rings is 1. The summed E-state index contributed by atoms with van der Waals surface area (Å²) in [6, 6.07) is 6.50. The third kappa shape index (κ3) is 3.33. The number of carbonyl (C=O) groups is 1. The standard InChI is InChI=1S/C17H25NO2/c1-12(2)10-11-18(14-8-9-14)15-6-5-7-16(20-4)17(15)13(3)19/h5-7,12,14H,8-11H2,1-4H3. The van der Waals surface area contributed by atoms with Crippen molar-refractivity contribution in [2.24, 2.45) is 5.92 Å². The predicted octanol–water partition coefficient (Wildman–Crippen LogP) is 3.91. The molecule has 0 bridgehead atoms. The Morgan fingerprint density at radius 2 is 2.10 bits per heavy atom. The summed E-state index contributed by atoms with van der Waals surface area (Å²) < 4.78 is 5.38. The van der Waals surface area contributed by atoms with Gasteiger partial charge in [-0.25, -0.2) is 0 Å². The van der Waals surface area contributed by atoms with Gasteiger partial charge < -0.3 is 9.64 Å². The smallest absolute Gasteiger partial charge is 0.165 e. The number of Topliss-reactive ketones (excluding diaryl/α,β-unsaturated/α-hetero) is 1. The molecule has 0 atom stereocenters. The molecule has 0 heterocycles. The summed E-state index contributed by atoms with van der Waals surface area (Å²) in [5.41, 5.74) is 1.77. The molecule has 0 radical (unpaired) electrons. The maximum atomic E-state index is 12.0. The second-order valence-electron chi connectivity index (χ2n) is 6.02. The summed E-state index contributed by atoms with van der Waals surface area (Å²) in [6.07, 6.45) is 3.60. The van der Waals surface area contributed by atoms with Crippen LogP contribution in [0.5, 0.6) is 5.75 Å². The van der Waals surface area contributed by atoms with Gasteiger partial charge in [0.15, 0.2) is 5.78 Å². The summed E-state index contributed by atoms with van der Waals surface area (Å²) >= 11 is 0. The summed E-state index contributed by atoms with van der Waals surface area (Å²) in [5.74, 6) is 1.43. The largest absolute Gasteiger partial charge is 0.496 e. The van der Waals surface area contributed by atoms with E-state index in [-0.39, 0.29) is 5.78 Å². The first-order valence-corrected chi connectivity index (χ1v) is 7.49. The number of ketones is 1. The van der Waals surface area contributed by atoms with E-state index in [1.165, 1.54) is 12.8 Å². The number of carbonyl (C=O) groups excluding carboxylic acids is 1. The highest BCUT2D eigenvalue weighted by Crippen LogP contribution is 2.37. The molecule has 1 fully saturated rings. The molecule has 0 N–H and O–H groups in total. The summed E-state index contributed by atoms with van der Waals surface area (Å²) in [4.78, 5) is 14.4. The molecule has 1 saturated carbocycles. The van der Waals surface area contributed by atoms with Crippen LogP contribution in [0.15, 0.2) is 18.2 Å². The van der Waals surface area contributed by atoms with E-state index in [0.29, 0.717) is 17.7 Å². The first-order valence-electron chi connectivity index (χ1n) is 7.49. The monoisotopic (exact) mass is 275 g/mol. The van der Waals surface area contributed by atoms with Crippen molar-refractivity contribution in [3.05, 3.63) is 23.8 Å². The van der Waals surface area contributed by atoms with Crippen molar-refractivity contribution in [2.75, 3.05) is 18.6 Å². The van der Waals surface area contributed by atoms with Gasteiger partial charge in [0.1, 0.15) is 5.75 Å². The Hall–Kier alpha value is -1.51. The zero-order valence-corrected chi connectivity index (χ0v) is 13.0. The third-order valence-electron chi connectivity index (χ3n) is 3.82. The van der Waals surface area contributed by atoms with Gasteiger partial charge in [0.25, 0.3) is 0 Å². The van der Waals surface area contributed by atoms with Gasteiger partial charge in [-0.2, -0.15) is 0 Å². The molecular weight excluding hydrogens is 250 g/mol. The molecule has 0 aromatic heterocycles. The first kappa shape index (κ1) is 14.9. The van der Waals surface area contributed by atoms with E-state index in [2.05, 4.69) is 24.8 Å². The van der Waals surface area contributed by atoms with Gasteiger partial charge in [0.2, 0.25) is 0 Å². The molecule has 1 aromatic rings. The maximum Gasteiger partial charge on any atom is 0.165 e. The van der Waals surface area contributed by atoms with Crippen LogP contribution >= 0.6 is 0 Å². The van der Waals surface area contributed by atoms with Crippen LogP contribution in [0.25, 0.3) is 0 Å². The third-order valence-corrected chi connectivity index (χ3v) is 3.82. The zero-order valence-electron chi connectivity index (χ0n) is 13.0. The van der Waals surface area contributed by atoms with Crippen molar-refractivity contribution in [2.45, 2.75) is 46.1 Å². The van der Waals surface area contributed by atoms with E-state index < -0.39 is 0 Å². The lowest BCUT2D eigenvalue weighted by atomic mass is 10.1. The number of anilines is 1. The second-order valence-corrected chi connectivity index (χ2v) is 6.02. The lowest BCUT2D eigenvalue weighted by molar-refractivity contribution is 0.101. The number of nitrogens with zero attached hydrogens (tertiary/aromatic N) is 1. The molecule has 1 aromatic carbocycles. The second kappa shape index (κ2) is 6.29. The van der Waals surface area contributed by atoms with E-state index >= 15 is 0 Å².